The summed E-state index contributed by atoms with van der Waals surface area (Å²) in [5.41, 5.74) is 5.21. The Hall–Kier alpha value is -3.25. The summed E-state index contributed by atoms with van der Waals surface area (Å²) in [5, 5.41) is 23.3. The van der Waals surface area contributed by atoms with Crippen LogP contribution in [0.4, 0.5) is 11.5 Å². The number of rotatable bonds is 4. The molecule has 2 aromatic heterocycles. The molecule has 2 aromatic carbocycles. The van der Waals surface area contributed by atoms with Crippen LogP contribution in [0.5, 0.6) is 0 Å². The summed E-state index contributed by atoms with van der Waals surface area (Å²) in [5.74, 6) is 0.763. The van der Waals surface area contributed by atoms with E-state index in [1.54, 1.807) is 12.1 Å². The smallest absolute Gasteiger partial charge is 0.157 e. The molecule has 0 aliphatic carbocycles. The van der Waals surface area contributed by atoms with Crippen LogP contribution < -0.4 is 5.32 Å². The molecule has 29 heavy (non-hydrogen) atoms. The SMILES string of the molecule is Cc1c(CCC#N)c(Nc2ccc(Cl)c(Cl)c2)n2c(nc3ccccc32)c1C#N. The zero-order valence-electron chi connectivity index (χ0n) is 15.5. The van der Waals surface area contributed by atoms with Crippen molar-refractivity contribution in [1.29, 1.82) is 10.5 Å². The lowest BCUT2D eigenvalue weighted by Gasteiger charge is -2.18. The Balaban J connectivity index is 2.07. The van der Waals surface area contributed by atoms with Crippen LogP contribution in [-0.4, -0.2) is 9.38 Å². The van der Waals surface area contributed by atoms with Gasteiger partial charge in [-0.05, 0) is 54.8 Å². The first-order chi connectivity index (χ1) is 14.0. The molecule has 5 nitrogen and oxygen atoms in total. The number of aromatic nitrogens is 2. The zero-order chi connectivity index (χ0) is 20.5. The first-order valence-electron chi connectivity index (χ1n) is 8.97. The highest BCUT2D eigenvalue weighted by atomic mass is 35.5. The Labute approximate surface area is 177 Å². The Kier molecular flexibility index (Phi) is 5.03. The molecule has 0 saturated carbocycles. The summed E-state index contributed by atoms with van der Waals surface area (Å²) >= 11 is 12.3. The van der Waals surface area contributed by atoms with Crippen molar-refractivity contribution >= 4 is 51.4 Å². The van der Waals surface area contributed by atoms with Gasteiger partial charge in [-0.25, -0.2) is 4.98 Å². The molecule has 2 heterocycles. The van der Waals surface area contributed by atoms with Crippen molar-refractivity contribution in [3.05, 3.63) is 69.2 Å². The first kappa shape index (κ1) is 19.1. The largest absolute Gasteiger partial charge is 0.341 e. The fourth-order valence-electron chi connectivity index (χ4n) is 3.51. The Morgan fingerprint density at radius 3 is 2.62 bits per heavy atom. The summed E-state index contributed by atoms with van der Waals surface area (Å²) in [6.45, 7) is 1.89. The normalized spacial score (nSPS) is 10.8. The molecule has 0 saturated heterocycles. The standard InChI is InChI=1S/C22H15Cl2N5/c1-13-15(5-4-10-25)21(27-14-8-9-17(23)18(24)11-14)29-20-7-3-2-6-19(20)28-22(29)16(13)12-26/h2-3,6-9,11,27H,4-5H2,1H3. The minimum Gasteiger partial charge on any atom is -0.341 e. The number of imidazole rings is 1. The fourth-order valence-corrected chi connectivity index (χ4v) is 3.81. The van der Waals surface area contributed by atoms with Crippen LogP contribution in [0.3, 0.4) is 0 Å². The van der Waals surface area contributed by atoms with Crippen LogP contribution in [0.1, 0.15) is 23.1 Å². The number of pyridine rings is 1. The van der Waals surface area contributed by atoms with E-state index in [2.05, 4.69) is 17.5 Å². The maximum Gasteiger partial charge on any atom is 0.157 e. The highest BCUT2D eigenvalue weighted by Gasteiger charge is 2.20. The third kappa shape index (κ3) is 3.25. The Morgan fingerprint density at radius 1 is 1.10 bits per heavy atom. The Morgan fingerprint density at radius 2 is 1.90 bits per heavy atom. The molecule has 0 amide bonds. The second-order valence-corrected chi connectivity index (χ2v) is 7.42. The Bertz CT molecular complexity index is 1340. The lowest BCUT2D eigenvalue weighted by atomic mass is 10.0. The first-order valence-corrected chi connectivity index (χ1v) is 9.72. The maximum absolute atomic E-state index is 9.82. The number of hydrogen-bond donors (Lipinski definition) is 1. The van der Waals surface area contributed by atoms with E-state index in [9.17, 15) is 5.26 Å². The molecular weight excluding hydrogens is 405 g/mol. The van der Waals surface area contributed by atoms with Gasteiger partial charge in [0.1, 0.15) is 11.9 Å². The van der Waals surface area contributed by atoms with Crippen LogP contribution in [0.25, 0.3) is 16.7 Å². The quantitative estimate of drug-likeness (QED) is 0.428. The van der Waals surface area contributed by atoms with Gasteiger partial charge < -0.3 is 5.32 Å². The lowest BCUT2D eigenvalue weighted by molar-refractivity contribution is 0.975. The topological polar surface area (TPSA) is 76.9 Å². The molecule has 0 atom stereocenters. The molecule has 1 N–H and O–H groups in total. The highest BCUT2D eigenvalue weighted by molar-refractivity contribution is 6.42. The van der Waals surface area contributed by atoms with Crippen molar-refractivity contribution in [1.82, 2.24) is 9.38 Å². The minimum absolute atomic E-state index is 0.333. The number of hydrogen-bond acceptors (Lipinski definition) is 4. The van der Waals surface area contributed by atoms with Gasteiger partial charge in [-0.15, -0.1) is 0 Å². The molecule has 0 aliphatic heterocycles. The third-order valence-corrected chi connectivity index (χ3v) is 5.64. The number of para-hydroxylation sites is 2. The van der Waals surface area contributed by atoms with Crippen molar-refractivity contribution in [2.75, 3.05) is 5.32 Å². The van der Waals surface area contributed by atoms with Crippen LogP contribution in [0, 0.1) is 29.6 Å². The van der Waals surface area contributed by atoms with E-state index < -0.39 is 0 Å². The summed E-state index contributed by atoms with van der Waals surface area (Å²) in [6, 6.07) is 17.5. The van der Waals surface area contributed by atoms with Gasteiger partial charge in [0.05, 0.1) is 32.7 Å². The van der Waals surface area contributed by atoms with E-state index in [0.29, 0.717) is 34.1 Å². The third-order valence-electron chi connectivity index (χ3n) is 4.90. The number of nitrogens with one attached hydrogen (secondary N) is 1. The second kappa shape index (κ2) is 7.64. The molecule has 7 heteroatoms. The molecule has 4 rings (SSSR count). The molecule has 142 valence electrons. The number of nitriles is 2. The monoisotopic (exact) mass is 419 g/mol. The van der Waals surface area contributed by atoms with Crippen LogP contribution >= 0.6 is 23.2 Å². The number of nitrogens with zero attached hydrogens (tertiary/aromatic N) is 4. The van der Waals surface area contributed by atoms with Crippen LogP contribution in [0.2, 0.25) is 10.0 Å². The molecule has 0 radical (unpaired) electrons. The van der Waals surface area contributed by atoms with E-state index in [-0.39, 0.29) is 0 Å². The second-order valence-electron chi connectivity index (χ2n) is 6.61. The number of fused-ring (bicyclic) bond motifs is 3. The fraction of sp³-hybridized carbons (Fsp3) is 0.136. The average molecular weight is 420 g/mol. The van der Waals surface area contributed by atoms with Crippen molar-refractivity contribution < 1.29 is 0 Å². The van der Waals surface area contributed by atoms with Gasteiger partial charge in [-0.2, -0.15) is 10.5 Å². The highest BCUT2D eigenvalue weighted by Crippen LogP contribution is 2.34. The van der Waals surface area contributed by atoms with Gasteiger partial charge in [-0.3, -0.25) is 4.40 Å². The van der Waals surface area contributed by atoms with Crippen molar-refractivity contribution in [2.45, 2.75) is 19.8 Å². The zero-order valence-corrected chi connectivity index (χ0v) is 17.0. The summed E-state index contributed by atoms with van der Waals surface area (Å²) < 4.78 is 1.94. The van der Waals surface area contributed by atoms with E-state index in [1.165, 1.54) is 0 Å². The molecule has 0 spiro atoms. The number of benzene rings is 2. The minimum atomic E-state index is 0.333. The van der Waals surface area contributed by atoms with Crippen LogP contribution in [-0.2, 0) is 6.42 Å². The van der Waals surface area contributed by atoms with Gasteiger partial charge in [0.25, 0.3) is 0 Å². The van der Waals surface area contributed by atoms with Gasteiger partial charge in [0.15, 0.2) is 5.65 Å². The van der Waals surface area contributed by atoms with Gasteiger partial charge >= 0.3 is 0 Å². The maximum atomic E-state index is 9.82. The summed E-state index contributed by atoms with van der Waals surface area (Å²) in [7, 11) is 0. The van der Waals surface area contributed by atoms with E-state index in [4.69, 9.17) is 33.4 Å². The summed E-state index contributed by atoms with van der Waals surface area (Å²) in [6.07, 6.45) is 0.836. The van der Waals surface area contributed by atoms with Crippen LogP contribution in [0.15, 0.2) is 42.5 Å². The van der Waals surface area contributed by atoms with Crippen molar-refractivity contribution in [2.24, 2.45) is 0 Å². The molecule has 4 aromatic rings. The van der Waals surface area contributed by atoms with Gasteiger partial charge in [-0.1, -0.05) is 35.3 Å². The predicted octanol–water partition coefficient (Wildman–Crippen LogP) is 6.17. The summed E-state index contributed by atoms with van der Waals surface area (Å²) in [4.78, 5) is 4.69. The van der Waals surface area contributed by atoms with Crippen molar-refractivity contribution in [3.8, 4) is 12.1 Å². The van der Waals surface area contributed by atoms with Gasteiger partial charge in [0, 0.05) is 12.1 Å². The van der Waals surface area contributed by atoms with E-state index >= 15 is 0 Å². The molecule has 0 fully saturated rings. The molecule has 0 unspecified atom stereocenters. The van der Waals surface area contributed by atoms with E-state index in [1.807, 2.05) is 41.7 Å². The number of anilines is 2. The molecule has 0 bridgehead atoms. The number of halogens is 2. The van der Waals surface area contributed by atoms with Gasteiger partial charge in [0.2, 0.25) is 0 Å². The predicted molar refractivity (Wildman–Crippen MR) is 116 cm³/mol. The average Bonchev–Trinajstić information content (AvgIpc) is 3.09. The molecular formula is C22H15Cl2N5. The van der Waals surface area contributed by atoms with E-state index in [0.717, 1.165) is 33.7 Å². The lowest BCUT2D eigenvalue weighted by Crippen LogP contribution is -2.08. The molecule has 0 aliphatic rings. The van der Waals surface area contributed by atoms with Crippen molar-refractivity contribution in [3.63, 3.8) is 0 Å².